The average molecular weight is 320 g/mol. The minimum absolute atomic E-state index is 0.0739. The van der Waals surface area contributed by atoms with Crippen LogP contribution in [0.5, 0.6) is 0 Å². The molecule has 0 aromatic heterocycles. The standard InChI is InChI=1S/C10H8BrClN2O3/c11-7-3-4-13(10(7)15)9-5-6(14(16)17)1-2-8(9)12/h1-2,5,7H,3-4H2. The largest absolute Gasteiger partial charge is 0.310 e. The number of non-ortho nitro benzene ring substituents is 1. The summed E-state index contributed by atoms with van der Waals surface area (Å²) in [5.41, 5.74) is 0.322. The lowest BCUT2D eigenvalue weighted by atomic mass is 10.2. The van der Waals surface area contributed by atoms with Crippen LogP contribution in [0.15, 0.2) is 18.2 Å². The molecule has 1 aromatic carbocycles. The number of amides is 1. The second-order valence-corrected chi connectivity index (χ2v) is 5.15. The molecular weight excluding hydrogens is 311 g/mol. The van der Waals surface area contributed by atoms with E-state index in [-0.39, 0.29) is 16.4 Å². The van der Waals surface area contributed by atoms with E-state index in [1.807, 2.05) is 0 Å². The van der Waals surface area contributed by atoms with Crippen LogP contribution in [-0.4, -0.2) is 22.2 Å². The minimum atomic E-state index is -0.508. The van der Waals surface area contributed by atoms with E-state index in [1.54, 1.807) is 0 Å². The number of halogens is 2. The SMILES string of the molecule is O=C1C(Br)CCN1c1cc([N+](=O)[O-])ccc1Cl. The number of nitro groups is 1. The van der Waals surface area contributed by atoms with E-state index in [0.717, 1.165) is 0 Å². The molecule has 1 aromatic rings. The van der Waals surface area contributed by atoms with Crippen LogP contribution < -0.4 is 4.90 Å². The van der Waals surface area contributed by atoms with E-state index < -0.39 is 4.92 Å². The molecule has 0 spiro atoms. The minimum Gasteiger partial charge on any atom is -0.310 e. The zero-order valence-electron chi connectivity index (χ0n) is 8.60. The molecule has 5 nitrogen and oxygen atoms in total. The molecule has 1 fully saturated rings. The van der Waals surface area contributed by atoms with Crippen molar-refractivity contribution in [2.75, 3.05) is 11.4 Å². The van der Waals surface area contributed by atoms with E-state index in [1.165, 1.54) is 23.1 Å². The van der Waals surface area contributed by atoms with E-state index in [9.17, 15) is 14.9 Å². The summed E-state index contributed by atoms with van der Waals surface area (Å²) in [6.07, 6.45) is 0.665. The number of benzene rings is 1. The number of carbonyl (C=O) groups excluding carboxylic acids is 1. The second-order valence-electron chi connectivity index (χ2n) is 3.64. The van der Waals surface area contributed by atoms with E-state index in [4.69, 9.17) is 11.6 Å². The predicted octanol–water partition coefficient (Wildman–Crippen LogP) is 2.75. The van der Waals surface area contributed by atoms with Crippen molar-refractivity contribution in [2.45, 2.75) is 11.2 Å². The van der Waals surface area contributed by atoms with Crippen molar-refractivity contribution in [2.24, 2.45) is 0 Å². The van der Waals surface area contributed by atoms with Crippen molar-refractivity contribution < 1.29 is 9.72 Å². The Bertz CT molecular complexity index is 494. The maximum Gasteiger partial charge on any atom is 0.271 e. The summed E-state index contributed by atoms with van der Waals surface area (Å²) >= 11 is 9.21. The Labute approximate surface area is 111 Å². The molecule has 17 heavy (non-hydrogen) atoms. The van der Waals surface area contributed by atoms with Gasteiger partial charge in [0.15, 0.2) is 0 Å². The highest BCUT2D eigenvalue weighted by molar-refractivity contribution is 9.10. The lowest BCUT2D eigenvalue weighted by Gasteiger charge is -2.17. The van der Waals surface area contributed by atoms with Gasteiger partial charge in [0.2, 0.25) is 5.91 Å². The number of hydrogen-bond donors (Lipinski definition) is 0. The van der Waals surface area contributed by atoms with Gasteiger partial charge in [-0.2, -0.15) is 0 Å². The Morgan fingerprint density at radius 2 is 2.24 bits per heavy atom. The van der Waals surface area contributed by atoms with E-state index >= 15 is 0 Å². The van der Waals surface area contributed by atoms with Gasteiger partial charge in [-0.25, -0.2) is 0 Å². The first-order valence-corrected chi connectivity index (χ1v) is 6.19. The number of rotatable bonds is 2. The molecule has 0 N–H and O–H groups in total. The number of alkyl halides is 1. The van der Waals surface area contributed by atoms with Gasteiger partial charge in [-0.15, -0.1) is 0 Å². The van der Waals surface area contributed by atoms with E-state index in [0.29, 0.717) is 23.7 Å². The van der Waals surface area contributed by atoms with Gasteiger partial charge in [-0.05, 0) is 12.5 Å². The summed E-state index contributed by atoms with van der Waals surface area (Å²) in [4.78, 5) is 23.2. The van der Waals surface area contributed by atoms with Gasteiger partial charge >= 0.3 is 0 Å². The molecule has 0 aliphatic carbocycles. The maximum atomic E-state index is 11.8. The fourth-order valence-electron chi connectivity index (χ4n) is 1.71. The summed E-state index contributed by atoms with van der Waals surface area (Å²) in [6.45, 7) is 0.510. The maximum absolute atomic E-state index is 11.8. The van der Waals surface area contributed by atoms with Crippen LogP contribution >= 0.6 is 27.5 Å². The highest BCUT2D eigenvalue weighted by Gasteiger charge is 2.32. The van der Waals surface area contributed by atoms with Crippen LogP contribution in [0.2, 0.25) is 5.02 Å². The molecule has 1 amide bonds. The van der Waals surface area contributed by atoms with Crippen LogP contribution in [0.1, 0.15) is 6.42 Å². The first kappa shape index (κ1) is 12.3. The van der Waals surface area contributed by atoms with Gasteiger partial charge in [0.05, 0.1) is 20.5 Å². The number of nitro benzene ring substituents is 1. The highest BCUT2D eigenvalue weighted by Crippen LogP contribution is 2.33. The first-order valence-electron chi connectivity index (χ1n) is 4.90. The smallest absolute Gasteiger partial charge is 0.271 e. The Kier molecular flexibility index (Phi) is 3.35. The van der Waals surface area contributed by atoms with Crippen molar-refractivity contribution in [3.05, 3.63) is 33.3 Å². The van der Waals surface area contributed by atoms with Crippen molar-refractivity contribution >= 4 is 44.8 Å². The average Bonchev–Trinajstić information content (AvgIpc) is 2.60. The Morgan fingerprint density at radius 1 is 1.53 bits per heavy atom. The van der Waals surface area contributed by atoms with Crippen LogP contribution in [0, 0.1) is 10.1 Å². The topological polar surface area (TPSA) is 63.5 Å². The summed E-state index contributed by atoms with van der Waals surface area (Å²) in [6, 6.07) is 4.08. The Hall–Kier alpha value is -1.14. The van der Waals surface area contributed by atoms with Crippen molar-refractivity contribution in [1.82, 2.24) is 0 Å². The molecule has 1 atom stereocenters. The summed E-state index contributed by atoms with van der Waals surface area (Å²) in [5, 5.41) is 11.0. The molecular formula is C10H8BrClN2O3. The van der Waals surface area contributed by atoms with Gasteiger partial charge in [0.25, 0.3) is 5.69 Å². The first-order chi connectivity index (χ1) is 8.00. The predicted molar refractivity (Wildman–Crippen MR) is 67.8 cm³/mol. The van der Waals surface area contributed by atoms with Crippen LogP contribution in [0.4, 0.5) is 11.4 Å². The Morgan fingerprint density at radius 3 is 2.76 bits per heavy atom. The molecule has 7 heteroatoms. The third-order valence-electron chi connectivity index (χ3n) is 2.57. The summed E-state index contributed by atoms with van der Waals surface area (Å²) < 4.78 is 0. The number of hydrogen-bond acceptors (Lipinski definition) is 3. The monoisotopic (exact) mass is 318 g/mol. The molecule has 0 bridgehead atoms. The molecule has 2 rings (SSSR count). The second kappa shape index (κ2) is 4.62. The van der Waals surface area contributed by atoms with Crippen LogP contribution in [0.3, 0.4) is 0 Å². The van der Waals surface area contributed by atoms with Gasteiger partial charge in [0, 0.05) is 18.7 Å². The molecule has 1 saturated heterocycles. The van der Waals surface area contributed by atoms with Gasteiger partial charge < -0.3 is 4.90 Å². The number of carbonyl (C=O) groups is 1. The van der Waals surface area contributed by atoms with Crippen LogP contribution in [-0.2, 0) is 4.79 Å². The Balaban J connectivity index is 2.41. The number of anilines is 1. The van der Waals surface area contributed by atoms with Crippen molar-refractivity contribution in [3.8, 4) is 0 Å². The molecule has 1 aliphatic rings. The zero-order chi connectivity index (χ0) is 12.6. The van der Waals surface area contributed by atoms with E-state index in [2.05, 4.69) is 15.9 Å². The van der Waals surface area contributed by atoms with Crippen LogP contribution in [0.25, 0.3) is 0 Å². The normalized spacial score (nSPS) is 19.8. The molecule has 1 heterocycles. The lowest BCUT2D eigenvalue weighted by Crippen LogP contribution is -2.27. The zero-order valence-corrected chi connectivity index (χ0v) is 10.9. The fraction of sp³-hybridized carbons (Fsp3) is 0.300. The molecule has 1 unspecified atom stereocenters. The van der Waals surface area contributed by atoms with Crippen molar-refractivity contribution in [1.29, 1.82) is 0 Å². The third-order valence-corrected chi connectivity index (χ3v) is 3.74. The summed E-state index contributed by atoms with van der Waals surface area (Å²) in [7, 11) is 0. The quantitative estimate of drug-likeness (QED) is 0.478. The highest BCUT2D eigenvalue weighted by atomic mass is 79.9. The van der Waals surface area contributed by atoms with Gasteiger partial charge in [-0.1, -0.05) is 27.5 Å². The van der Waals surface area contributed by atoms with Gasteiger partial charge in [-0.3, -0.25) is 14.9 Å². The lowest BCUT2D eigenvalue weighted by molar-refractivity contribution is -0.384. The third kappa shape index (κ3) is 2.28. The molecule has 1 aliphatic heterocycles. The molecule has 90 valence electrons. The number of nitrogens with zero attached hydrogens (tertiary/aromatic N) is 2. The van der Waals surface area contributed by atoms with Crippen molar-refractivity contribution in [3.63, 3.8) is 0 Å². The fourth-order valence-corrected chi connectivity index (χ4v) is 2.38. The molecule has 0 saturated carbocycles. The summed E-state index contributed by atoms with van der Waals surface area (Å²) in [5.74, 6) is -0.118. The van der Waals surface area contributed by atoms with Gasteiger partial charge in [0.1, 0.15) is 0 Å². The molecule has 0 radical (unpaired) electrons.